The lowest BCUT2D eigenvalue weighted by molar-refractivity contribution is 0.418. The first kappa shape index (κ1) is 16.1. The van der Waals surface area contributed by atoms with E-state index in [0.29, 0.717) is 12.1 Å². The fourth-order valence-corrected chi connectivity index (χ4v) is 2.58. The summed E-state index contributed by atoms with van der Waals surface area (Å²) >= 11 is 0. The molecular formula is C13H21FN2O2S. The van der Waals surface area contributed by atoms with E-state index in [1.807, 2.05) is 20.8 Å². The van der Waals surface area contributed by atoms with Crippen LogP contribution in [0.4, 0.5) is 4.39 Å². The van der Waals surface area contributed by atoms with Gasteiger partial charge in [0.2, 0.25) is 10.0 Å². The maximum atomic E-state index is 13.7. The van der Waals surface area contributed by atoms with Gasteiger partial charge in [-0.3, -0.25) is 0 Å². The Morgan fingerprint density at radius 3 is 2.42 bits per heavy atom. The highest BCUT2D eigenvalue weighted by Crippen LogP contribution is 2.16. The molecule has 0 spiro atoms. The van der Waals surface area contributed by atoms with Crippen LogP contribution in [0.3, 0.4) is 0 Å². The van der Waals surface area contributed by atoms with Crippen molar-refractivity contribution in [2.75, 3.05) is 6.54 Å². The number of hydrogen-bond acceptors (Lipinski definition) is 3. The zero-order valence-corrected chi connectivity index (χ0v) is 12.6. The molecule has 0 bridgehead atoms. The van der Waals surface area contributed by atoms with Crippen LogP contribution in [-0.4, -0.2) is 20.5 Å². The first-order valence-corrected chi connectivity index (χ1v) is 7.67. The summed E-state index contributed by atoms with van der Waals surface area (Å²) in [6.45, 7) is 8.17. The highest BCUT2D eigenvalue weighted by molar-refractivity contribution is 7.89. The molecule has 0 radical (unpaired) electrons. The Kier molecular flexibility index (Phi) is 5.06. The van der Waals surface area contributed by atoms with Crippen LogP contribution >= 0.6 is 0 Å². The Morgan fingerprint density at radius 1 is 1.26 bits per heavy atom. The summed E-state index contributed by atoms with van der Waals surface area (Å²) in [6, 6.07) is 3.82. The average molecular weight is 288 g/mol. The molecule has 1 aromatic rings. The molecule has 0 heterocycles. The monoisotopic (exact) mass is 288 g/mol. The molecule has 0 fully saturated rings. The van der Waals surface area contributed by atoms with Crippen molar-refractivity contribution in [1.29, 1.82) is 0 Å². The highest BCUT2D eigenvalue weighted by Gasteiger charge is 2.16. The van der Waals surface area contributed by atoms with Gasteiger partial charge >= 0.3 is 0 Å². The Morgan fingerprint density at radius 2 is 1.89 bits per heavy atom. The molecule has 6 heteroatoms. The molecule has 0 aliphatic rings. The molecule has 1 aromatic carbocycles. The van der Waals surface area contributed by atoms with E-state index in [4.69, 9.17) is 0 Å². The Bertz CT molecular complexity index is 536. The Labute approximate surface area is 114 Å². The standard InChI is InChI=1S/C13H21FN2O2S/c1-5-16-19(17,18)11-6-7-12(14)10(8-11)9-15-13(2,3)4/h6-8,15-16H,5,9H2,1-4H3. The van der Waals surface area contributed by atoms with Crippen LogP contribution < -0.4 is 10.0 Å². The first-order chi connectivity index (χ1) is 8.65. The topological polar surface area (TPSA) is 58.2 Å². The zero-order valence-electron chi connectivity index (χ0n) is 11.7. The minimum absolute atomic E-state index is 0.0847. The molecule has 4 nitrogen and oxygen atoms in total. The Balaban J connectivity index is 3.01. The maximum absolute atomic E-state index is 13.7. The zero-order chi connectivity index (χ0) is 14.7. The second-order valence-corrected chi connectivity index (χ2v) is 7.13. The lowest BCUT2D eigenvalue weighted by Crippen LogP contribution is -2.35. The molecule has 0 saturated heterocycles. The summed E-state index contributed by atoms with van der Waals surface area (Å²) in [6.07, 6.45) is 0. The number of nitrogens with one attached hydrogen (secondary N) is 2. The minimum atomic E-state index is -3.55. The van der Waals surface area contributed by atoms with Crippen molar-refractivity contribution in [2.24, 2.45) is 0 Å². The lowest BCUT2D eigenvalue weighted by atomic mass is 10.1. The number of sulfonamides is 1. The molecule has 19 heavy (non-hydrogen) atoms. The van der Waals surface area contributed by atoms with Gasteiger partial charge in [0.1, 0.15) is 5.82 Å². The number of benzene rings is 1. The van der Waals surface area contributed by atoms with Crippen LogP contribution in [0.5, 0.6) is 0 Å². The van der Waals surface area contributed by atoms with E-state index in [0.717, 1.165) is 0 Å². The van der Waals surface area contributed by atoms with E-state index >= 15 is 0 Å². The second-order valence-electron chi connectivity index (χ2n) is 5.36. The SMILES string of the molecule is CCNS(=O)(=O)c1ccc(F)c(CNC(C)(C)C)c1. The van der Waals surface area contributed by atoms with Gasteiger partial charge < -0.3 is 5.32 Å². The van der Waals surface area contributed by atoms with Gasteiger partial charge in [-0.2, -0.15) is 0 Å². The van der Waals surface area contributed by atoms with Crippen molar-refractivity contribution >= 4 is 10.0 Å². The number of hydrogen-bond donors (Lipinski definition) is 2. The quantitative estimate of drug-likeness (QED) is 0.871. The van der Waals surface area contributed by atoms with E-state index in [2.05, 4.69) is 10.0 Å². The molecule has 0 aliphatic carbocycles. The maximum Gasteiger partial charge on any atom is 0.240 e. The van der Waals surface area contributed by atoms with Gasteiger partial charge in [0.25, 0.3) is 0 Å². The molecule has 0 unspecified atom stereocenters. The van der Waals surface area contributed by atoms with Crippen molar-refractivity contribution in [2.45, 2.75) is 44.7 Å². The summed E-state index contributed by atoms with van der Waals surface area (Å²) in [5, 5.41) is 3.13. The van der Waals surface area contributed by atoms with Crippen LogP contribution in [0, 0.1) is 5.82 Å². The fourth-order valence-electron chi connectivity index (χ4n) is 1.49. The lowest BCUT2D eigenvalue weighted by Gasteiger charge is -2.21. The summed E-state index contributed by atoms with van der Waals surface area (Å²) in [5.41, 5.74) is 0.178. The summed E-state index contributed by atoms with van der Waals surface area (Å²) < 4.78 is 39.7. The van der Waals surface area contributed by atoms with Crippen LogP contribution in [0.25, 0.3) is 0 Å². The van der Waals surface area contributed by atoms with E-state index in [1.165, 1.54) is 18.2 Å². The molecule has 0 aliphatic heterocycles. The summed E-state index contributed by atoms with van der Waals surface area (Å²) in [4.78, 5) is 0.0847. The third-order valence-electron chi connectivity index (χ3n) is 2.47. The van der Waals surface area contributed by atoms with Gasteiger partial charge in [-0.15, -0.1) is 0 Å². The average Bonchev–Trinajstić information content (AvgIpc) is 2.26. The third-order valence-corrected chi connectivity index (χ3v) is 4.01. The summed E-state index contributed by atoms with van der Waals surface area (Å²) in [5.74, 6) is -0.410. The van der Waals surface area contributed by atoms with Gasteiger partial charge in [0.05, 0.1) is 4.90 Å². The fraction of sp³-hybridized carbons (Fsp3) is 0.538. The van der Waals surface area contributed by atoms with Gasteiger partial charge in [0, 0.05) is 24.2 Å². The largest absolute Gasteiger partial charge is 0.308 e. The number of halogens is 1. The summed E-state index contributed by atoms with van der Waals surface area (Å²) in [7, 11) is -3.55. The predicted molar refractivity (Wildman–Crippen MR) is 73.9 cm³/mol. The van der Waals surface area contributed by atoms with Crippen molar-refractivity contribution < 1.29 is 12.8 Å². The van der Waals surface area contributed by atoms with Crippen LogP contribution in [-0.2, 0) is 16.6 Å². The van der Waals surface area contributed by atoms with Gasteiger partial charge in [-0.05, 0) is 39.0 Å². The van der Waals surface area contributed by atoms with Crippen LogP contribution in [0.2, 0.25) is 0 Å². The third kappa shape index (κ3) is 4.89. The van der Waals surface area contributed by atoms with Crippen LogP contribution in [0.1, 0.15) is 33.3 Å². The van der Waals surface area contributed by atoms with E-state index < -0.39 is 15.8 Å². The van der Waals surface area contributed by atoms with Crippen molar-refractivity contribution in [3.8, 4) is 0 Å². The molecule has 0 atom stereocenters. The molecule has 0 amide bonds. The van der Waals surface area contributed by atoms with Crippen LogP contribution in [0.15, 0.2) is 23.1 Å². The van der Waals surface area contributed by atoms with Gasteiger partial charge in [-0.25, -0.2) is 17.5 Å². The van der Waals surface area contributed by atoms with E-state index in [-0.39, 0.29) is 17.0 Å². The van der Waals surface area contributed by atoms with Gasteiger partial charge in [0.15, 0.2) is 0 Å². The predicted octanol–water partition coefficient (Wildman–Crippen LogP) is 2.01. The molecule has 2 N–H and O–H groups in total. The minimum Gasteiger partial charge on any atom is -0.308 e. The van der Waals surface area contributed by atoms with Crippen molar-refractivity contribution in [1.82, 2.24) is 10.0 Å². The van der Waals surface area contributed by atoms with E-state index in [1.54, 1.807) is 6.92 Å². The molecule has 0 aromatic heterocycles. The van der Waals surface area contributed by atoms with Gasteiger partial charge in [-0.1, -0.05) is 6.92 Å². The molecule has 1 rings (SSSR count). The molecular weight excluding hydrogens is 267 g/mol. The van der Waals surface area contributed by atoms with Crippen molar-refractivity contribution in [3.05, 3.63) is 29.6 Å². The normalized spacial score (nSPS) is 12.7. The number of rotatable bonds is 5. The van der Waals surface area contributed by atoms with E-state index in [9.17, 15) is 12.8 Å². The Hall–Kier alpha value is -0.980. The smallest absolute Gasteiger partial charge is 0.240 e. The first-order valence-electron chi connectivity index (χ1n) is 6.19. The second kappa shape index (κ2) is 5.98. The van der Waals surface area contributed by atoms with Crippen molar-refractivity contribution in [3.63, 3.8) is 0 Å². The molecule has 0 saturated carbocycles. The molecule has 108 valence electrons. The highest BCUT2D eigenvalue weighted by atomic mass is 32.2.